The molecule has 1 fully saturated rings. The van der Waals surface area contributed by atoms with Gasteiger partial charge in [-0.25, -0.2) is 19.3 Å². The first kappa shape index (κ1) is 21.7. The minimum atomic E-state index is -3.54. The van der Waals surface area contributed by atoms with E-state index in [4.69, 9.17) is 24.3 Å². The molecular weight excluding hydrogens is 511 g/mol. The Kier molecular flexibility index (Phi) is 6.84. The molecule has 2 aromatic rings. The van der Waals surface area contributed by atoms with Gasteiger partial charge in [0.05, 0.1) is 19.5 Å². The Labute approximate surface area is 173 Å². The molecule has 2 aromatic heterocycles. The lowest BCUT2D eigenvalue weighted by Crippen LogP contribution is -2.30. The zero-order valence-corrected chi connectivity index (χ0v) is 18.1. The summed E-state index contributed by atoms with van der Waals surface area (Å²) in [6.07, 6.45) is -5.33. The lowest BCUT2D eigenvalue weighted by Gasteiger charge is -2.20. The van der Waals surface area contributed by atoms with Gasteiger partial charge < -0.3 is 29.4 Å². The van der Waals surface area contributed by atoms with Crippen LogP contribution in [0, 0.1) is 3.83 Å². The lowest BCUT2D eigenvalue weighted by atomic mass is 10.2. The number of halogens is 2. The van der Waals surface area contributed by atoms with Gasteiger partial charge in [-0.3, -0.25) is 9.13 Å². The van der Waals surface area contributed by atoms with Crippen molar-refractivity contribution in [1.29, 1.82) is 0 Å². The van der Waals surface area contributed by atoms with Gasteiger partial charge in [-0.15, -0.1) is 0 Å². The van der Waals surface area contributed by atoms with E-state index >= 15 is 0 Å². The highest BCUT2D eigenvalue weighted by Gasteiger charge is 2.47. The molecule has 3 N–H and O–H groups in total. The average molecular weight is 531 g/mol. The molecule has 0 aromatic carbocycles. The molecule has 28 heavy (non-hydrogen) atoms. The third-order valence-corrected chi connectivity index (χ3v) is 6.15. The van der Waals surface area contributed by atoms with Crippen molar-refractivity contribution in [1.82, 2.24) is 19.5 Å². The second kappa shape index (κ2) is 8.81. The highest BCUT2D eigenvalue weighted by Crippen LogP contribution is 2.49. The first-order valence-corrected chi connectivity index (χ1v) is 11.2. The number of aromatic nitrogens is 4. The van der Waals surface area contributed by atoms with E-state index in [1.165, 1.54) is 10.9 Å². The number of anilines is 1. The van der Waals surface area contributed by atoms with Crippen molar-refractivity contribution < 1.29 is 32.6 Å². The molecule has 3 rings (SSSR count). The SMILES string of the molecule is CCOP(=O)(CO[C@H]1O[C@@H](n2cnc3c(N)nc(I)nc32)[C@@H](F)[C@@H]1O)OCC. The van der Waals surface area contributed by atoms with Gasteiger partial charge in [-0.2, -0.15) is 0 Å². The second-order valence-corrected chi connectivity index (χ2v) is 8.74. The molecule has 156 valence electrons. The Morgan fingerprint density at radius 1 is 1.39 bits per heavy atom. The monoisotopic (exact) mass is 531 g/mol. The predicted molar refractivity (Wildman–Crippen MR) is 104 cm³/mol. The van der Waals surface area contributed by atoms with Crippen molar-refractivity contribution in [2.45, 2.75) is 38.6 Å². The number of imidazole rings is 1. The normalized spacial score (nSPS) is 25.6. The van der Waals surface area contributed by atoms with E-state index < -0.39 is 38.7 Å². The zero-order chi connectivity index (χ0) is 20.5. The molecule has 0 saturated carbocycles. The van der Waals surface area contributed by atoms with Crippen molar-refractivity contribution in [3.8, 4) is 0 Å². The Morgan fingerprint density at radius 3 is 2.71 bits per heavy atom. The summed E-state index contributed by atoms with van der Waals surface area (Å²) in [5.74, 6) is 0.143. The van der Waals surface area contributed by atoms with Gasteiger partial charge in [0.1, 0.15) is 11.6 Å². The van der Waals surface area contributed by atoms with Crippen LogP contribution in [0.2, 0.25) is 0 Å². The molecule has 0 spiro atoms. The van der Waals surface area contributed by atoms with Crippen LogP contribution in [0.25, 0.3) is 11.2 Å². The number of aliphatic hydroxyl groups is 1. The van der Waals surface area contributed by atoms with Gasteiger partial charge >= 0.3 is 7.60 Å². The van der Waals surface area contributed by atoms with Crippen LogP contribution >= 0.6 is 30.2 Å². The fourth-order valence-corrected chi connectivity index (χ4v) is 4.56. The van der Waals surface area contributed by atoms with Crippen LogP contribution < -0.4 is 5.73 Å². The van der Waals surface area contributed by atoms with Gasteiger partial charge in [0, 0.05) is 22.6 Å². The second-order valence-electron chi connectivity index (χ2n) is 5.77. The average Bonchev–Trinajstić information content (AvgIpc) is 3.16. The van der Waals surface area contributed by atoms with Gasteiger partial charge in [0.25, 0.3) is 0 Å². The molecule has 4 atom stereocenters. The molecule has 0 unspecified atom stereocenters. The van der Waals surface area contributed by atoms with Crippen molar-refractivity contribution in [2.75, 3.05) is 25.3 Å². The minimum Gasteiger partial charge on any atom is -0.385 e. The van der Waals surface area contributed by atoms with Gasteiger partial charge in [0.2, 0.25) is 0 Å². The molecule has 3 heterocycles. The molecular formula is C14H20FIN5O6P. The molecule has 0 amide bonds. The Bertz CT molecular complexity index is 877. The zero-order valence-electron chi connectivity index (χ0n) is 15.1. The van der Waals surface area contributed by atoms with E-state index in [1.54, 1.807) is 13.8 Å². The fourth-order valence-electron chi connectivity index (χ4n) is 2.74. The van der Waals surface area contributed by atoms with Crippen LogP contribution in [-0.4, -0.2) is 62.8 Å². The van der Waals surface area contributed by atoms with Crippen molar-refractivity contribution in [3.63, 3.8) is 0 Å². The molecule has 0 aliphatic carbocycles. The number of nitrogens with two attached hydrogens (primary N) is 1. The van der Waals surface area contributed by atoms with Crippen molar-refractivity contribution >= 4 is 47.2 Å². The summed E-state index contributed by atoms with van der Waals surface area (Å²) in [5, 5.41) is 10.2. The molecule has 1 aliphatic rings. The molecule has 14 heteroatoms. The van der Waals surface area contributed by atoms with Gasteiger partial charge in [-0.05, 0) is 13.8 Å². The number of hydrogen-bond acceptors (Lipinski definition) is 10. The number of hydrogen-bond donors (Lipinski definition) is 2. The molecule has 0 bridgehead atoms. The van der Waals surface area contributed by atoms with E-state index in [9.17, 15) is 14.1 Å². The van der Waals surface area contributed by atoms with Crippen LogP contribution in [0.4, 0.5) is 10.2 Å². The molecule has 11 nitrogen and oxygen atoms in total. The summed E-state index contributed by atoms with van der Waals surface area (Å²) < 4.78 is 49.9. The van der Waals surface area contributed by atoms with Crippen LogP contribution in [0.1, 0.15) is 20.1 Å². The maximum Gasteiger partial charge on any atom is 0.356 e. The third-order valence-electron chi connectivity index (χ3n) is 3.89. The summed E-state index contributed by atoms with van der Waals surface area (Å²) in [4.78, 5) is 12.3. The third kappa shape index (κ3) is 4.30. The molecule has 1 saturated heterocycles. The predicted octanol–water partition coefficient (Wildman–Crippen LogP) is 1.81. The highest BCUT2D eigenvalue weighted by molar-refractivity contribution is 14.1. The first-order chi connectivity index (χ1) is 13.3. The van der Waals surface area contributed by atoms with Crippen LogP contribution in [0.3, 0.4) is 0 Å². The fraction of sp³-hybridized carbons (Fsp3) is 0.643. The minimum absolute atomic E-state index is 0.143. The maximum absolute atomic E-state index is 14.7. The van der Waals surface area contributed by atoms with Crippen LogP contribution in [-0.2, 0) is 23.1 Å². The highest BCUT2D eigenvalue weighted by atomic mass is 127. The smallest absolute Gasteiger partial charge is 0.356 e. The van der Waals surface area contributed by atoms with Gasteiger partial charge in [0.15, 0.2) is 40.3 Å². The number of nitrogens with zero attached hydrogens (tertiary/aromatic N) is 4. The summed E-state index contributed by atoms with van der Waals surface area (Å²) in [6.45, 7) is 3.59. The van der Waals surface area contributed by atoms with E-state index in [-0.39, 0.29) is 30.2 Å². The Balaban J connectivity index is 1.79. The summed E-state index contributed by atoms with van der Waals surface area (Å²) in [6, 6.07) is 0. The number of aliphatic hydroxyl groups excluding tert-OH is 1. The van der Waals surface area contributed by atoms with Crippen LogP contribution in [0.15, 0.2) is 6.33 Å². The lowest BCUT2D eigenvalue weighted by molar-refractivity contribution is -0.168. The summed E-state index contributed by atoms with van der Waals surface area (Å²) in [5.41, 5.74) is 6.35. The van der Waals surface area contributed by atoms with E-state index in [0.29, 0.717) is 3.83 Å². The topological polar surface area (TPSA) is 144 Å². The Hall–Kier alpha value is -0.960. The van der Waals surface area contributed by atoms with E-state index in [1.807, 2.05) is 22.6 Å². The van der Waals surface area contributed by atoms with E-state index in [2.05, 4.69) is 15.0 Å². The number of alkyl halides is 1. The number of fused-ring (bicyclic) bond motifs is 1. The largest absolute Gasteiger partial charge is 0.385 e. The van der Waals surface area contributed by atoms with Crippen LogP contribution in [0.5, 0.6) is 0 Å². The van der Waals surface area contributed by atoms with E-state index in [0.717, 1.165) is 0 Å². The standard InChI is InChI=1S/C14H20FIN5O6P/c1-3-25-28(23,26-4-2)6-24-13-9(22)7(15)12(27-13)21-5-18-8-10(17)19-14(16)20-11(8)21/h5,7,9,12-13,22H,3-4,6H2,1-2H3,(H2,17,19,20)/t7-,9-,12+,13-/m0/s1. The molecule has 0 radical (unpaired) electrons. The van der Waals surface area contributed by atoms with Gasteiger partial charge in [-0.1, -0.05) is 0 Å². The van der Waals surface area contributed by atoms with Crippen molar-refractivity contribution in [3.05, 3.63) is 10.2 Å². The first-order valence-electron chi connectivity index (χ1n) is 8.42. The number of rotatable bonds is 8. The summed E-state index contributed by atoms with van der Waals surface area (Å²) in [7, 11) is -3.54. The number of ether oxygens (including phenoxy) is 2. The van der Waals surface area contributed by atoms with Crippen molar-refractivity contribution in [2.24, 2.45) is 0 Å². The number of nitrogen functional groups attached to an aromatic ring is 1. The molecule has 1 aliphatic heterocycles. The summed E-state index contributed by atoms with van der Waals surface area (Å²) >= 11 is 1.87. The quantitative estimate of drug-likeness (QED) is 0.294. The maximum atomic E-state index is 14.7. The Morgan fingerprint density at radius 2 is 2.07 bits per heavy atom.